The van der Waals surface area contributed by atoms with E-state index in [1.165, 1.54) is 23.1 Å². The Hall–Kier alpha value is -3.56. The Bertz CT molecular complexity index is 932. The molecule has 2 aromatic carbocycles. The van der Waals surface area contributed by atoms with Crippen LogP contribution in [0.25, 0.3) is 5.69 Å². The predicted molar refractivity (Wildman–Crippen MR) is 102 cm³/mol. The topological polar surface area (TPSA) is 94.0 Å². The van der Waals surface area contributed by atoms with Crippen LogP contribution in [0.1, 0.15) is 11.1 Å². The Morgan fingerprint density at radius 3 is 2.69 bits per heavy atom. The van der Waals surface area contributed by atoms with Gasteiger partial charge in [0, 0.05) is 12.2 Å². The first kappa shape index (κ1) is 20.2. The van der Waals surface area contributed by atoms with Crippen LogP contribution in [-0.2, 0) is 11.2 Å². The van der Waals surface area contributed by atoms with E-state index in [4.69, 9.17) is 0 Å². The highest BCUT2D eigenvalue weighted by Gasteiger charge is 2.07. The van der Waals surface area contributed by atoms with E-state index in [9.17, 15) is 13.6 Å². The summed E-state index contributed by atoms with van der Waals surface area (Å²) in [5.41, 5.74) is 3.48. The number of amides is 1. The van der Waals surface area contributed by atoms with Gasteiger partial charge in [-0.1, -0.05) is 18.2 Å². The fourth-order valence-electron chi connectivity index (χ4n) is 2.64. The number of nitrogens with one attached hydrogen (secondary N) is 2. The lowest BCUT2D eigenvalue weighted by Gasteiger charge is -2.12. The van der Waals surface area contributed by atoms with Crippen molar-refractivity contribution in [1.82, 2.24) is 25.5 Å². The highest BCUT2D eigenvalue weighted by molar-refractivity contribution is 5.81. The number of hydrogen-bond acceptors (Lipinski definition) is 6. The first-order valence-electron chi connectivity index (χ1n) is 8.89. The second-order valence-electron chi connectivity index (χ2n) is 6.23. The molecule has 0 fully saturated rings. The highest BCUT2D eigenvalue weighted by Crippen LogP contribution is 2.18. The fraction of sp³-hybridized carbons (Fsp3) is 0.263. The number of tetrazole rings is 1. The number of nitrogens with zero attached hydrogens (tertiary/aromatic N) is 4. The predicted octanol–water partition coefficient (Wildman–Crippen LogP) is 2.34. The van der Waals surface area contributed by atoms with E-state index in [0.717, 1.165) is 22.5 Å². The van der Waals surface area contributed by atoms with Gasteiger partial charge < -0.3 is 15.4 Å². The van der Waals surface area contributed by atoms with Crippen LogP contribution < -0.4 is 15.4 Å². The maximum atomic E-state index is 12.1. The summed E-state index contributed by atoms with van der Waals surface area (Å²) in [6.07, 6.45) is 2.07. The largest absolute Gasteiger partial charge is 0.435 e. The van der Waals surface area contributed by atoms with Crippen molar-refractivity contribution in [1.29, 1.82) is 0 Å². The smallest absolute Gasteiger partial charge is 0.387 e. The van der Waals surface area contributed by atoms with Gasteiger partial charge >= 0.3 is 6.61 Å². The molecule has 0 saturated carbocycles. The van der Waals surface area contributed by atoms with Gasteiger partial charge in [-0.05, 0) is 59.2 Å². The summed E-state index contributed by atoms with van der Waals surface area (Å²) >= 11 is 0. The van der Waals surface area contributed by atoms with Crippen molar-refractivity contribution in [2.24, 2.45) is 0 Å². The molecule has 29 heavy (non-hydrogen) atoms. The Morgan fingerprint density at radius 1 is 1.21 bits per heavy atom. The van der Waals surface area contributed by atoms with Crippen molar-refractivity contribution >= 4 is 11.6 Å². The van der Waals surface area contributed by atoms with Gasteiger partial charge in [-0.15, -0.1) is 5.10 Å². The minimum atomic E-state index is -2.84. The molecule has 0 bridgehead atoms. The van der Waals surface area contributed by atoms with Crippen molar-refractivity contribution in [2.75, 3.05) is 18.4 Å². The Labute approximate surface area is 165 Å². The third-order valence-corrected chi connectivity index (χ3v) is 4.16. The number of aromatic nitrogens is 4. The lowest BCUT2D eigenvalue weighted by Crippen LogP contribution is -2.31. The zero-order valence-corrected chi connectivity index (χ0v) is 15.7. The van der Waals surface area contributed by atoms with Crippen molar-refractivity contribution < 1.29 is 18.3 Å². The SMILES string of the molecule is Cc1ccc(-n2cnnn2)cc1NCC(=O)NCCc1ccc(OC(F)F)cc1. The van der Waals surface area contributed by atoms with Gasteiger partial charge in [0.1, 0.15) is 12.1 Å². The molecule has 0 atom stereocenters. The number of benzene rings is 2. The number of hydrogen-bond donors (Lipinski definition) is 2. The van der Waals surface area contributed by atoms with Crippen LogP contribution in [0.15, 0.2) is 48.8 Å². The van der Waals surface area contributed by atoms with Gasteiger partial charge in [-0.3, -0.25) is 4.79 Å². The molecule has 0 aliphatic heterocycles. The van der Waals surface area contributed by atoms with Crippen molar-refractivity contribution in [3.63, 3.8) is 0 Å². The van der Waals surface area contributed by atoms with E-state index in [-0.39, 0.29) is 18.2 Å². The monoisotopic (exact) mass is 402 g/mol. The lowest BCUT2D eigenvalue weighted by atomic mass is 10.1. The molecule has 0 radical (unpaired) electrons. The van der Waals surface area contributed by atoms with Crippen LogP contribution in [-0.4, -0.2) is 45.8 Å². The number of carbonyl (C=O) groups is 1. The van der Waals surface area contributed by atoms with Crippen LogP contribution in [0.3, 0.4) is 0 Å². The molecule has 0 aliphatic carbocycles. The van der Waals surface area contributed by atoms with Gasteiger partial charge in [0.25, 0.3) is 0 Å². The number of anilines is 1. The molecule has 2 N–H and O–H groups in total. The quantitative estimate of drug-likeness (QED) is 0.571. The molecule has 0 aliphatic rings. The molecule has 0 unspecified atom stereocenters. The van der Waals surface area contributed by atoms with Crippen molar-refractivity contribution in [3.8, 4) is 11.4 Å². The zero-order chi connectivity index (χ0) is 20.6. The molecule has 3 rings (SSSR count). The summed E-state index contributed by atoms with van der Waals surface area (Å²) in [5.74, 6) is -0.0499. The molecular formula is C19H20F2N6O2. The summed E-state index contributed by atoms with van der Waals surface area (Å²) in [5, 5.41) is 17.0. The average Bonchev–Trinajstić information content (AvgIpc) is 3.23. The second kappa shape index (κ2) is 9.58. The molecule has 10 heteroatoms. The number of ether oxygens (including phenoxy) is 1. The normalized spacial score (nSPS) is 10.8. The highest BCUT2D eigenvalue weighted by atomic mass is 19.3. The third kappa shape index (κ3) is 5.96. The molecule has 0 spiro atoms. The third-order valence-electron chi connectivity index (χ3n) is 4.16. The maximum absolute atomic E-state index is 12.1. The van der Waals surface area contributed by atoms with Crippen molar-refractivity contribution in [2.45, 2.75) is 20.0 Å². The van der Waals surface area contributed by atoms with Gasteiger partial charge in [0.05, 0.1) is 12.2 Å². The maximum Gasteiger partial charge on any atom is 0.387 e. The molecule has 1 heterocycles. The average molecular weight is 402 g/mol. The molecule has 3 aromatic rings. The van der Waals surface area contributed by atoms with E-state index in [0.29, 0.717) is 13.0 Å². The first-order valence-corrected chi connectivity index (χ1v) is 8.89. The summed E-state index contributed by atoms with van der Waals surface area (Å²) < 4.78 is 30.1. The minimum absolute atomic E-state index is 0.108. The Morgan fingerprint density at radius 2 is 2.00 bits per heavy atom. The van der Waals surface area contributed by atoms with E-state index in [1.54, 1.807) is 12.1 Å². The molecule has 152 valence electrons. The Kier molecular flexibility index (Phi) is 6.67. The van der Waals surface area contributed by atoms with Gasteiger partial charge in [-0.2, -0.15) is 8.78 Å². The lowest BCUT2D eigenvalue weighted by molar-refractivity contribution is -0.119. The van der Waals surface area contributed by atoms with E-state index in [1.807, 2.05) is 25.1 Å². The van der Waals surface area contributed by atoms with Crippen LogP contribution in [0.4, 0.5) is 14.5 Å². The Balaban J connectivity index is 1.45. The van der Waals surface area contributed by atoms with Gasteiger partial charge in [0.15, 0.2) is 0 Å². The number of carbonyl (C=O) groups excluding carboxylic acids is 1. The molecule has 8 nitrogen and oxygen atoms in total. The van der Waals surface area contributed by atoms with E-state index < -0.39 is 6.61 Å². The number of aryl methyl sites for hydroxylation is 1. The minimum Gasteiger partial charge on any atom is -0.435 e. The van der Waals surface area contributed by atoms with Crippen LogP contribution >= 0.6 is 0 Å². The van der Waals surface area contributed by atoms with Crippen LogP contribution in [0.5, 0.6) is 5.75 Å². The van der Waals surface area contributed by atoms with E-state index >= 15 is 0 Å². The molecule has 1 amide bonds. The standard InChI is InChI=1S/C19H20F2N6O2/c1-13-2-5-15(27-12-24-25-26-27)10-17(13)23-11-18(28)22-9-8-14-3-6-16(7-4-14)29-19(20)21/h2-7,10,12,19,23H,8-9,11H2,1H3,(H,22,28). The number of alkyl halides is 2. The summed E-state index contributed by atoms with van der Waals surface area (Å²) in [7, 11) is 0. The summed E-state index contributed by atoms with van der Waals surface area (Å²) in [4.78, 5) is 12.1. The molecular weight excluding hydrogens is 382 g/mol. The number of halogens is 2. The molecule has 0 saturated heterocycles. The number of rotatable bonds is 9. The summed E-state index contributed by atoms with van der Waals surface area (Å²) in [6.45, 7) is -0.365. The van der Waals surface area contributed by atoms with Gasteiger partial charge in [-0.25, -0.2) is 4.68 Å². The molecule has 1 aromatic heterocycles. The zero-order valence-electron chi connectivity index (χ0n) is 15.7. The van der Waals surface area contributed by atoms with Crippen LogP contribution in [0.2, 0.25) is 0 Å². The summed E-state index contributed by atoms with van der Waals surface area (Å²) in [6, 6.07) is 12.0. The van der Waals surface area contributed by atoms with Crippen LogP contribution in [0, 0.1) is 6.92 Å². The fourth-order valence-corrected chi connectivity index (χ4v) is 2.64. The van der Waals surface area contributed by atoms with E-state index in [2.05, 4.69) is 30.9 Å². The first-order chi connectivity index (χ1) is 14.0. The second-order valence-corrected chi connectivity index (χ2v) is 6.23. The van der Waals surface area contributed by atoms with Crippen molar-refractivity contribution in [3.05, 3.63) is 59.9 Å². The van der Waals surface area contributed by atoms with Gasteiger partial charge in [0.2, 0.25) is 5.91 Å².